The van der Waals surface area contributed by atoms with Crippen LogP contribution in [0.2, 0.25) is 0 Å². The minimum Gasteiger partial charge on any atom is -0.494 e. The fourth-order valence-corrected chi connectivity index (χ4v) is 3.11. The third-order valence-electron chi connectivity index (χ3n) is 4.49. The second kappa shape index (κ2) is 7.59. The van der Waals surface area contributed by atoms with Crippen LogP contribution >= 0.6 is 0 Å². The number of primary amides is 1. The molecule has 0 unspecified atom stereocenters. The predicted molar refractivity (Wildman–Crippen MR) is 109 cm³/mol. The average Bonchev–Trinajstić information content (AvgIpc) is 3.38. The van der Waals surface area contributed by atoms with Gasteiger partial charge in [0.2, 0.25) is 5.95 Å². The van der Waals surface area contributed by atoms with Crippen molar-refractivity contribution < 1.29 is 19.1 Å². The molecule has 4 aromatic rings. The van der Waals surface area contributed by atoms with Gasteiger partial charge in [0.15, 0.2) is 5.69 Å². The number of ether oxygens (including phenoxy) is 2. The first-order valence-electron chi connectivity index (χ1n) is 8.88. The number of para-hydroxylation sites is 3. The summed E-state index contributed by atoms with van der Waals surface area (Å²) >= 11 is 0. The van der Waals surface area contributed by atoms with Crippen LogP contribution in [0.5, 0.6) is 11.5 Å². The van der Waals surface area contributed by atoms with Crippen molar-refractivity contribution in [3.8, 4) is 17.4 Å². The highest BCUT2D eigenvalue weighted by molar-refractivity contribution is 6.11. The van der Waals surface area contributed by atoms with Crippen LogP contribution in [0.15, 0.2) is 48.8 Å². The fraction of sp³-hybridized carbons (Fsp3) is 0.100. The molecule has 10 heteroatoms. The van der Waals surface area contributed by atoms with Gasteiger partial charge in [-0.3, -0.25) is 14.2 Å². The Balaban J connectivity index is 1.75. The second-order valence-corrected chi connectivity index (χ2v) is 6.25. The maximum Gasteiger partial charge on any atom is 0.276 e. The van der Waals surface area contributed by atoms with Crippen molar-refractivity contribution in [1.82, 2.24) is 19.5 Å². The van der Waals surface area contributed by atoms with Crippen LogP contribution in [0, 0.1) is 0 Å². The molecule has 2 heterocycles. The molecule has 0 aliphatic heterocycles. The van der Waals surface area contributed by atoms with E-state index in [0.717, 1.165) is 5.52 Å². The van der Waals surface area contributed by atoms with Gasteiger partial charge < -0.3 is 25.5 Å². The van der Waals surface area contributed by atoms with Gasteiger partial charge in [0.25, 0.3) is 11.8 Å². The minimum atomic E-state index is -0.829. The Morgan fingerprint density at radius 2 is 1.77 bits per heavy atom. The van der Waals surface area contributed by atoms with Gasteiger partial charge in [-0.1, -0.05) is 18.2 Å². The first-order chi connectivity index (χ1) is 14.5. The predicted octanol–water partition coefficient (Wildman–Crippen LogP) is 2.12. The number of hydrogen-bond donors (Lipinski definition) is 3. The van der Waals surface area contributed by atoms with Crippen molar-refractivity contribution in [2.45, 2.75) is 0 Å². The van der Waals surface area contributed by atoms with Crippen molar-refractivity contribution in [2.75, 3.05) is 19.5 Å². The van der Waals surface area contributed by atoms with Crippen molar-refractivity contribution in [2.24, 2.45) is 5.73 Å². The molecule has 152 valence electrons. The van der Waals surface area contributed by atoms with Gasteiger partial charge >= 0.3 is 0 Å². The molecule has 0 aliphatic carbocycles. The molecule has 30 heavy (non-hydrogen) atoms. The molecule has 0 aliphatic rings. The SMILES string of the molecule is COc1cccc(OC)c1NC(=O)c1ncn(-c2nc3ccccc3[nH]2)c1C(N)=O. The van der Waals surface area contributed by atoms with E-state index in [2.05, 4.69) is 20.3 Å². The first kappa shape index (κ1) is 19.0. The van der Waals surface area contributed by atoms with E-state index in [-0.39, 0.29) is 11.4 Å². The Morgan fingerprint density at radius 3 is 2.40 bits per heavy atom. The van der Waals surface area contributed by atoms with E-state index in [1.165, 1.54) is 25.1 Å². The molecule has 2 aromatic heterocycles. The van der Waals surface area contributed by atoms with Crippen molar-refractivity contribution in [1.29, 1.82) is 0 Å². The number of nitrogens with zero attached hydrogens (tertiary/aromatic N) is 3. The summed E-state index contributed by atoms with van der Waals surface area (Å²) in [5.74, 6) is -0.391. The quantitative estimate of drug-likeness (QED) is 0.448. The van der Waals surface area contributed by atoms with Gasteiger partial charge in [0.1, 0.15) is 29.2 Å². The molecule has 2 aromatic carbocycles. The summed E-state index contributed by atoms with van der Waals surface area (Å²) in [4.78, 5) is 36.7. The monoisotopic (exact) mass is 406 g/mol. The van der Waals surface area contributed by atoms with Crippen LogP contribution in [0.4, 0.5) is 5.69 Å². The highest BCUT2D eigenvalue weighted by Crippen LogP contribution is 2.34. The van der Waals surface area contributed by atoms with Crippen LogP contribution in [-0.2, 0) is 0 Å². The Hall–Kier alpha value is -4.34. The highest BCUT2D eigenvalue weighted by atomic mass is 16.5. The maximum atomic E-state index is 13.0. The van der Waals surface area contributed by atoms with Crippen LogP contribution in [0.25, 0.3) is 17.0 Å². The zero-order valence-electron chi connectivity index (χ0n) is 16.2. The molecular formula is C20H18N6O4. The second-order valence-electron chi connectivity index (χ2n) is 6.25. The molecular weight excluding hydrogens is 388 g/mol. The van der Waals surface area contributed by atoms with Gasteiger partial charge in [-0.2, -0.15) is 0 Å². The highest BCUT2D eigenvalue weighted by Gasteiger charge is 2.26. The van der Waals surface area contributed by atoms with Crippen molar-refractivity contribution >= 4 is 28.5 Å². The summed E-state index contributed by atoms with van der Waals surface area (Å²) < 4.78 is 11.9. The van der Waals surface area contributed by atoms with Gasteiger partial charge in [-0.15, -0.1) is 0 Å². The molecule has 0 radical (unpaired) electrons. The number of imidazole rings is 2. The molecule has 2 amide bonds. The number of fused-ring (bicyclic) bond motifs is 1. The Kier molecular flexibility index (Phi) is 4.80. The first-order valence-corrected chi connectivity index (χ1v) is 8.88. The van der Waals surface area contributed by atoms with E-state index in [1.807, 2.05) is 24.3 Å². The summed E-state index contributed by atoms with van der Waals surface area (Å²) in [5.41, 5.74) is 7.06. The lowest BCUT2D eigenvalue weighted by molar-refractivity contribution is 0.0970. The number of carbonyl (C=O) groups is 2. The lowest BCUT2D eigenvalue weighted by Gasteiger charge is -2.13. The number of nitrogens with one attached hydrogen (secondary N) is 2. The number of nitrogens with two attached hydrogens (primary N) is 1. The van der Waals surface area contributed by atoms with Crippen LogP contribution in [0.1, 0.15) is 21.0 Å². The third kappa shape index (κ3) is 3.20. The smallest absolute Gasteiger partial charge is 0.276 e. The van der Waals surface area contributed by atoms with Gasteiger partial charge in [0.05, 0.1) is 25.3 Å². The molecule has 10 nitrogen and oxygen atoms in total. The molecule has 4 rings (SSSR count). The Bertz CT molecular complexity index is 1200. The zero-order chi connectivity index (χ0) is 21.3. The van der Waals surface area contributed by atoms with Crippen LogP contribution < -0.4 is 20.5 Å². The number of rotatable bonds is 6. The van der Waals surface area contributed by atoms with Crippen LogP contribution in [0.3, 0.4) is 0 Å². The van der Waals surface area contributed by atoms with Crippen LogP contribution in [-0.4, -0.2) is 45.6 Å². The van der Waals surface area contributed by atoms with Gasteiger partial charge in [-0.05, 0) is 24.3 Å². The number of anilines is 1. The lowest BCUT2D eigenvalue weighted by Crippen LogP contribution is -2.23. The minimum absolute atomic E-state index is 0.111. The molecule has 4 N–H and O–H groups in total. The van der Waals surface area contributed by atoms with E-state index in [4.69, 9.17) is 15.2 Å². The van der Waals surface area contributed by atoms with Gasteiger partial charge in [-0.25, -0.2) is 9.97 Å². The van der Waals surface area contributed by atoms with E-state index >= 15 is 0 Å². The van der Waals surface area contributed by atoms with E-state index in [0.29, 0.717) is 28.7 Å². The summed E-state index contributed by atoms with van der Waals surface area (Å²) in [6.07, 6.45) is 1.31. The Morgan fingerprint density at radius 1 is 1.07 bits per heavy atom. The number of amides is 2. The number of benzene rings is 2. The molecule has 0 spiro atoms. The summed E-state index contributed by atoms with van der Waals surface area (Å²) in [7, 11) is 2.94. The van der Waals surface area contributed by atoms with Crippen molar-refractivity contribution in [3.63, 3.8) is 0 Å². The maximum absolute atomic E-state index is 13.0. The zero-order valence-corrected chi connectivity index (χ0v) is 16.2. The number of methoxy groups -OCH3 is 2. The molecule has 0 saturated heterocycles. The average molecular weight is 406 g/mol. The largest absolute Gasteiger partial charge is 0.494 e. The number of aromatic nitrogens is 4. The molecule has 0 saturated carbocycles. The third-order valence-corrected chi connectivity index (χ3v) is 4.49. The van der Waals surface area contributed by atoms with E-state index in [9.17, 15) is 9.59 Å². The number of H-pyrrole nitrogens is 1. The summed E-state index contributed by atoms with van der Waals surface area (Å²) in [6.45, 7) is 0. The fourth-order valence-electron chi connectivity index (χ4n) is 3.11. The topological polar surface area (TPSA) is 137 Å². The molecule has 0 bridgehead atoms. The van der Waals surface area contributed by atoms with Gasteiger partial charge in [0, 0.05) is 0 Å². The number of hydrogen-bond acceptors (Lipinski definition) is 6. The number of carbonyl (C=O) groups excluding carboxylic acids is 2. The normalized spacial score (nSPS) is 10.7. The molecule has 0 atom stereocenters. The van der Waals surface area contributed by atoms with E-state index < -0.39 is 11.8 Å². The Labute approximate surface area is 170 Å². The molecule has 0 fully saturated rings. The van der Waals surface area contributed by atoms with E-state index in [1.54, 1.807) is 18.2 Å². The lowest BCUT2D eigenvalue weighted by atomic mass is 10.2. The number of aromatic amines is 1. The summed E-state index contributed by atoms with van der Waals surface area (Å²) in [6, 6.07) is 12.4. The standard InChI is InChI=1S/C20H18N6O4/c1-29-13-8-5-9-14(30-2)15(13)25-19(28)16-17(18(21)27)26(10-22-16)20-23-11-6-3-4-7-12(11)24-20/h3-10H,1-2H3,(H2,21,27)(H,23,24)(H,25,28). The summed E-state index contributed by atoms with van der Waals surface area (Å²) in [5, 5.41) is 2.68. The van der Waals surface area contributed by atoms with Crippen molar-refractivity contribution in [3.05, 3.63) is 60.2 Å².